The van der Waals surface area contributed by atoms with Crippen molar-refractivity contribution >= 4 is 36.0 Å². The van der Waals surface area contributed by atoms with E-state index >= 15 is 0 Å². The Morgan fingerprint density at radius 2 is 1.87 bits per heavy atom. The summed E-state index contributed by atoms with van der Waals surface area (Å²) in [5.41, 5.74) is 0.597. The van der Waals surface area contributed by atoms with E-state index in [0.717, 1.165) is 0 Å². The maximum atomic E-state index is 13.1. The van der Waals surface area contributed by atoms with Crippen molar-refractivity contribution < 1.29 is 33.4 Å². The second kappa shape index (κ2) is 12.9. The normalized spacial score (nSPS) is 20.4. The third-order valence-corrected chi connectivity index (χ3v) is 6.56. The molecule has 2 aliphatic rings. The lowest BCUT2D eigenvalue weighted by Crippen LogP contribution is -2.51. The Bertz CT molecular complexity index is 1070. The molecule has 0 spiro atoms. The SMILES string of the molecule is CC(C)CC(NC(=O)OC1CCN(C(=O)OC(C)(C)C)c2ccccc21)C(=O)NC(C=O)C[C@@H]1CCNC1=O. The molecule has 0 aliphatic carbocycles. The molecule has 3 N–H and O–H groups in total. The number of carbonyl (C=O) groups is 5. The quantitative estimate of drug-likeness (QED) is 0.405. The number of hydrogen-bond acceptors (Lipinski definition) is 7. The summed E-state index contributed by atoms with van der Waals surface area (Å²) in [6.45, 7) is 10.0. The van der Waals surface area contributed by atoms with Gasteiger partial charge >= 0.3 is 12.2 Å². The molecule has 4 atom stereocenters. The van der Waals surface area contributed by atoms with Crippen LogP contribution in [0.4, 0.5) is 15.3 Å². The molecule has 3 rings (SSSR count). The van der Waals surface area contributed by atoms with E-state index in [2.05, 4.69) is 16.0 Å². The monoisotopic (exact) mass is 544 g/mol. The lowest BCUT2D eigenvalue weighted by Gasteiger charge is -2.35. The Kier molecular flexibility index (Phi) is 9.93. The minimum atomic E-state index is -0.936. The average molecular weight is 545 g/mol. The fourth-order valence-corrected chi connectivity index (χ4v) is 4.77. The molecule has 11 heteroatoms. The van der Waals surface area contributed by atoms with E-state index in [0.29, 0.717) is 43.3 Å². The third-order valence-electron chi connectivity index (χ3n) is 6.56. The van der Waals surface area contributed by atoms with E-state index in [1.807, 2.05) is 13.8 Å². The van der Waals surface area contributed by atoms with Crippen LogP contribution in [-0.2, 0) is 23.9 Å². The Morgan fingerprint density at radius 1 is 1.15 bits per heavy atom. The van der Waals surface area contributed by atoms with Gasteiger partial charge in [0.25, 0.3) is 0 Å². The summed E-state index contributed by atoms with van der Waals surface area (Å²) in [5, 5.41) is 8.04. The van der Waals surface area contributed by atoms with Crippen molar-refractivity contribution in [1.29, 1.82) is 0 Å². The standard InChI is InChI=1S/C28H40N4O7/c1-17(2)14-21(25(35)30-19(16-33)15-18-10-12-29-24(18)34)31-26(36)38-23-11-13-32(27(37)39-28(3,4)5)22-9-7-6-8-20(22)23/h6-9,16-19,21,23H,10-15H2,1-5H3,(H,29,34)(H,30,35)(H,31,36)/t18-,19?,21?,23?/m0/s1. The van der Waals surface area contributed by atoms with Crippen LogP contribution in [-0.4, -0.2) is 61.1 Å². The Hall–Kier alpha value is -3.63. The maximum absolute atomic E-state index is 13.1. The number of ether oxygens (including phenoxy) is 2. The largest absolute Gasteiger partial charge is 0.443 e. The summed E-state index contributed by atoms with van der Waals surface area (Å²) in [4.78, 5) is 63.8. The lowest BCUT2D eigenvalue weighted by atomic mass is 9.98. The molecule has 0 saturated carbocycles. The molecule has 214 valence electrons. The van der Waals surface area contributed by atoms with E-state index in [9.17, 15) is 24.0 Å². The van der Waals surface area contributed by atoms with Crippen LogP contribution in [0.3, 0.4) is 0 Å². The fourth-order valence-electron chi connectivity index (χ4n) is 4.77. The number of alkyl carbamates (subject to hydrolysis) is 1. The molecule has 2 heterocycles. The van der Waals surface area contributed by atoms with E-state index in [1.165, 1.54) is 4.90 Å². The number of anilines is 1. The van der Waals surface area contributed by atoms with Gasteiger partial charge in [-0.25, -0.2) is 9.59 Å². The van der Waals surface area contributed by atoms with E-state index in [1.54, 1.807) is 45.0 Å². The molecule has 1 fully saturated rings. The number of amides is 4. The van der Waals surface area contributed by atoms with Gasteiger partial charge in [-0.15, -0.1) is 0 Å². The van der Waals surface area contributed by atoms with Gasteiger partial charge in [0.1, 0.15) is 24.0 Å². The Labute approximate surface area is 229 Å². The van der Waals surface area contributed by atoms with Gasteiger partial charge in [0.05, 0.1) is 11.7 Å². The first-order chi connectivity index (χ1) is 18.4. The van der Waals surface area contributed by atoms with Crippen LogP contribution in [0.15, 0.2) is 24.3 Å². The van der Waals surface area contributed by atoms with Crippen molar-refractivity contribution in [3.05, 3.63) is 29.8 Å². The van der Waals surface area contributed by atoms with Crippen LogP contribution >= 0.6 is 0 Å². The highest BCUT2D eigenvalue weighted by atomic mass is 16.6. The number of nitrogens with one attached hydrogen (secondary N) is 3. The zero-order valence-corrected chi connectivity index (χ0v) is 23.3. The number of rotatable bonds is 9. The lowest BCUT2D eigenvalue weighted by molar-refractivity contribution is -0.127. The van der Waals surface area contributed by atoms with Crippen LogP contribution < -0.4 is 20.9 Å². The smallest absolute Gasteiger partial charge is 0.414 e. The molecule has 1 saturated heterocycles. The number of fused-ring (bicyclic) bond motifs is 1. The van der Waals surface area contributed by atoms with Crippen LogP contribution in [0.1, 0.15) is 72.0 Å². The highest BCUT2D eigenvalue weighted by Crippen LogP contribution is 2.36. The van der Waals surface area contributed by atoms with Crippen molar-refractivity contribution in [2.75, 3.05) is 18.0 Å². The van der Waals surface area contributed by atoms with E-state index < -0.39 is 41.9 Å². The van der Waals surface area contributed by atoms with Gasteiger partial charge in [0.15, 0.2) is 0 Å². The fraction of sp³-hybridized carbons (Fsp3) is 0.607. The second-order valence-corrected chi connectivity index (χ2v) is 11.5. The van der Waals surface area contributed by atoms with Crippen molar-refractivity contribution in [2.24, 2.45) is 11.8 Å². The van der Waals surface area contributed by atoms with Gasteiger partial charge in [-0.05, 0) is 52.0 Å². The number of benzene rings is 1. The Morgan fingerprint density at radius 3 is 2.49 bits per heavy atom. The minimum Gasteiger partial charge on any atom is -0.443 e. The molecule has 0 aromatic heterocycles. The predicted octanol–water partition coefficient (Wildman–Crippen LogP) is 3.22. The maximum Gasteiger partial charge on any atom is 0.414 e. The molecule has 2 aliphatic heterocycles. The average Bonchev–Trinajstić information content (AvgIpc) is 3.25. The number of para-hydroxylation sites is 1. The molecule has 4 amide bonds. The van der Waals surface area contributed by atoms with Crippen molar-refractivity contribution in [1.82, 2.24) is 16.0 Å². The van der Waals surface area contributed by atoms with E-state index in [-0.39, 0.29) is 30.7 Å². The highest BCUT2D eigenvalue weighted by molar-refractivity contribution is 5.90. The van der Waals surface area contributed by atoms with Crippen LogP contribution in [0.5, 0.6) is 0 Å². The summed E-state index contributed by atoms with van der Waals surface area (Å²) >= 11 is 0. The number of nitrogens with zero attached hydrogens (tertiary/aromatic N) is 1. The number of carbonyl (C=O) groups excluding carboxylic acids is 5. The molecular formula is C28H40N4O7. The molecule has 1 aromatic carbocycles. The Balaban J connectivity index is 1.66. The van der Waals surface area contributed by atoms with Crippen molar-refractivity contribution in [3.63, 3.8) is 0 Å². The van der Waals surface area contributed by atoms with Gasteiger partial charge in [0, 0.05) is 31.0 Å². The van der Waals surface area contributed by atoms with Gasteiger partial charge < -0.3 is 30.2 Å². The molecule has 0 radical (unpaired) electrons. The van der Waals surface area contributed by atoms with Crippen molar-refractivity contribution in [3.8, 4) is 0 Å². The summed E-state index contributed by atoms with van der Waals surface area (Å²) in [6.07, 6.45) is 0.201. The van der Waals surface area contributed by atoms with Gasteiger partial charge in [-0.1, -0.05) is 32.0 Å². The molecule has 1 aromatic rings. The summed E-state index contributed by atoms with van der Waals surface area (Å²) in [5.74, 6) is -0.923. The summed E-state index contributed by atoms with van der Waals surface area (Å²) in [7, 11) is 0. The second-order valence-electron chi connectivity index (χ2n) is 11.5. The molecule has 39 heavy (non-hydrogen) atoms. The van der Waals surface area contributed by atoms with E-state index in [4.69, 9.17) is 9.47 Å². The van der Waals surface area contributed by atoms with Crippen LogP contribution in [0.25, 0.3) is 0 Å². The molecule has 3 unspecified atom stereocenters. The highest BCUT2D eigenvalue weighted by Gasteiger charge is 2.34. The zero-order valence-electron chi connectivity index (χ0n) is 23.3. The first-order valence-corrected chi connectivity index (χ1v) is 13.5. The van der Waals surface area contributed by atoms with Crippen molar-refractivity contribution in [2.45, 2.75) is 84.1 Å². The number of hydrogen-bond donors (Lipinski definition) is 3. The van der Waals surface area contributed by atoms with Crippen LogP contribution in [0, 0.1) is 11.8 Å². The number of aldehydes is 1. The molecule has 11 nitrogen and oxygen atoms in total. The first kappa shape index (κ1) is 29.9. The molecular weight excluding hydrogens is 504 g/mol. The van der Waals surface area contributed by atoms with Gasteiger partial charge in [-0.2, -0.15) is 0 Å². The summed E-state index contributed by atoms with van der Waals surface area (Å²) < 4.78 is 11.3. The van der Waals surface area contributed by atoms with Gasteiger partial charge in [-0.3, -0.25) is 14.5 Å². The van der Waals surface area contributed by atoms with Gasteiger partial charge in [0.2, 0.25) is 11.8 Å². The molecule has 0 bridgehead atoms. The topological polar surface area (TPSA) is 143 Å². The third kappa shape index (κ3) is 8.43. The first-order valence-electron chi connectivity index (χ1n) is 13.5. The minimum absolute atomic E-state index is 0.0640. The predicted molar refractivity (Wildman–Crippen MR) is 144 cm³/mol. The van der Waals surface area contributed by atoms with Crippen LogP contribution in [0.2, 0.25) is 0 Å². The zero-order chi connectivity index (χ0) is 28.7. The summed E-state index contributed by atoms with van der Waals surface area (Å²) in [6, 6.07) is 5.37.